The Morgan fingerprint density at radius 1 is 1.07 bits per heavy atom. The number of sulfonamides is 1. The highest BCUT2D eigenvalue weighted by Gasteiger charge is 2.22. The lowest BCUT2D eigenvalue weighted by Gasteiger charge is -2.29. The van der Waals surface area contributed by atoms with Crippen molar-refractivity contribution in [3.63, 3.8) is 0 Å². The van der Waals surface area contributed by atoms with E-state index in [2.05, 4.69) is 4.72 Å². The van der Waals surface area contributed by atoms with Gasteiger partial charge < -0.3 is 14.4 Å². The molecule has 0 unspecified atom stereocenters. The minimum absolute atomic E-state index is 0.105. The summed E-state index contributed by atoms with van der Waals surface area (Å²) in [6.45, 7) is 3.88. The first kappa shape index (κ1) is 18.6. The summed E-state index contributed by atoms with van der Waals surface area (Å²) in [7, 11) is -3.77. The van der Waals surface area contributed by atoms with Crippen LogP contribution in [0.2, 0.25) is 0 Å². The van der Waals surface area contributed by atoms with Gasteiger partial charge in [0.1, 0.15) is 13.2 Å². The van der Waals surface area contributed by atoms with Gasteiger partial charge in [0.2, 0.25) is 5.91 Å². The second-order valence-electron chi connectivity index (χ2n) is 6.81. The topological polar surface area (TPSA) is 84.9 Å². The first-order valence-electron chi connectivity index (χ1n) is 9.28. The third kappa shape index (κ3) is 3.64. The number of amides is 1. The molecular formula is C20H22N2O5S. The van der Waals surface area contributed by atoms with Crippen molar-refractivity contribution in [1.29, 1.82) is 0 Å². The molecule has 2 aromatic carbocycles. The Hall–Kier alpha value is -2.74. The zero-order valence-corrected chi connectivity index (χ0v) is 16.4. The molecule has 0 aliphatic carbocycles. The highest BCUT2D eigenvalue weighted by atomic mass is 32.2. The summed E-state index contributed by atoms with van der Waals surface area (Å²) in [5, 5.41) is 0. The number of ether oxygens (including phenoxy) is 2. The van der Waals surface area contributed by atoms with E-state index < -0.39 is 10.0 Å². The highest BCUT2D eigenvalue weighted by Crippen LogP contribution is 2.33. The molecule has 1 amide bonds. The van der Waals surface area contributed by atoms with Gasteiger partial charge in [-0.15, -0.1) is 0 Å². The van der Waals surface area contributed by atoms with E-state index in [1.165, 1.54) is 12.1 Å². The third-order valence-electron chi connectivity index (χ3n) is 4.95. The van der Waals surface area contributed by atoms with Crippen LogP contribution in [-0.2, 0) is 27.8 Å². The van der Waals surface area contributed by atoms with Crippen LogP contribution in [-0.4, -0.2) is 39.0 Å². The number of hydrogen-bond acceptors (Lipinski definition) is 5. The van der Waals surface area contributed by atoms with Gasteiger partial charge >= 0.3 is 0 Å². The van der Waals surface area contributed by atoms with E-state index in [-0.39, 0.29) is 10.8 Å². The average molecular weight is 402 g/mol. The highest BCUT2D eigenvalue weighted by molar-refractivity contribution is 7.92. The van der Waals surface area contributed by atoms with Crippen molar-refractivity contribution < 1.29 is 22.7 Å². The van der Waals surface area contributed by atoms with E-state index in [1.807, 2.05) is 13.0 Å². The van der Waals surface area contributed by atoms with E-state index in [0.717, 1.165) is 17.5 Å². The zero-order valence-electron chi connectivity index (χ0n) is 15.6. The fourth-order valence-corrected chi connectivity index (χ4v) is 4.53. The van der Waals surface area contributed by atoms with Gasteiger partial charge in [0, 0.05) is 31.3 Å². The van der Waals surface area contributed by atoms with Gasteiger partial charge in [-0.05, 0) is 41.8 Å². The Bertz CT molecular complexity index is 1020. The molecule has 0 aromatic heterocycles. The van der Waals surface area contributed by atoms with Crippen molar-refractivity contribution >= 4 is 21.6 Å². The van der Waals surface area contributed by atoms with Crippen molar-refractivity contribution in [3.8, 4) is 11.5 Å². The van der Waals surface area contributed by atoms with Crippen LogP contribution >= 0.6 is 0 Å². The predicted octanol–water partition coefficient (Wildman–Crippen LogP) is 2.55. The molecule has 0 saturated heterocycles. The third-order valence-corrected chi connectivity index (χ3v) is 6.33. The van der Waals surface area contributed by atoms with Gasteiger partial charge in [0.15, 0.2) is 11.5 Å². The molecule has 4 rings (SSSR count). The van der Waals surface area contributed by atoms with Crippen molar-refractivity contribution in [2.75, 3.05) is 24.5 Å². The van der Waals surface area contributed by atoms with Crippen molar-refractivity contribution in [1.82, 2.24) is 4.90 Å². The normalized spacial score (nSPS) is 15.7. The molecule has 2 aliphatic heterocycles. The molecule has 8 heteroatoms. The fourth-order valence-electron chi connectivity index (χ4n) is 3.46. The quantitative estimate of drug-likeness (QED) is 0.850. The average Bonchev–Trinajstić information content (AvgIpc) is 2.72. The SMILES string of the molecule is CCC(=O)N1CCc2ccc(NS(=O)(=O)c3ccc4c(c3)OCCO4)cc2C1. The summed E-state index contributed by atoms with van der Waals surface area (Å²) in [6, 6.07) is 10.0. The molecule has 0 saturated carbocycles. The Morgan fingerprint density at radius 3 is 2.64 bits per heavy atom. The van der Waals surface area contributed by atoms with Crippen LogP contribution < -0.4 is 14.2 Å². The van der Waals surface area contributed by atoms with Gasteiger partial charge in [-0.1, -0.05) is 13.0 Å². The van der Waals surface area contributed by atoms with Crippen LogP contribution in [0.25, 0.3) is 0 Å². The van der Waals surface area contributed by atoms with Crippen molar-refractivity contribution in [2.45, 2.75) is 31.2 Å². The number of nitrogens with one attached hydrogen (secondary N) is 1. The lowest BCUT2D eigenvalue weighted by molar-refractivity contribution is -0.131. The van der Waals surface area contributed by atoms with E-state index in [9.17, 15) is 13.2 Å². The molecule has 28 heavy (non-hydrogen) atoms. The molecule has 1 N–H and O–H groups in total. The number of benzene rings is 2. The number of carbonyl (C=O) groups excluding carboxylic acids is 1. The Labute approximate surface area is 164 Å². The monoisotopic (exact) mass is 402 g/mol. The Balaban J connectivity index is 1.56. The largest absolute Gasteiger partial charge is 0.486 e. The molecule has 0 bridgehead atoms. The maximum absolute atomic E-state index is 12.8. The zero-order chi connectivity index (χ0) is 19.7. The molecule has 2 aromatic rings. The Morgan fingerprint density at radius 2 is 1.86 bits per heavy atom. The lowest BCUT2D eigenvalue weighted by atomic mass is 9.99. The number of carbonyl (C=O) groups is 1. The maximum atomic E-state index is 12.8. The summed E-state index contributed by atoms with van der Waals surface area (Å²) < 4.78 is 39.1. The first-order chi connectivity index (χ1) is 13.5. The van der Waals surface area contributed by atoms with Crippen LogP contribution in [0.4, 0.5) is 5.69 Å². The lowest BCUT2D eigenvalue weighted by Crippen LogP contribution is -2.35. The molecule has 0 atom stereocenters. The molecule has 2 heterocycles. The summed E-state index contributed by atoms with van der Waals surface area (Å²) in [5.41, 5.74) is 2.58. The van der Waals surface area contributed by atoms with E-state index in [1.54, 1.807) is 23.1 Å². The van der Waals surface area contributed by atoms with Crippen LogP contribution in [0, 0.1) is 0 Å². The molecule has 0 fully saturated rings. The fraction of sp³-hybridized carbons (Fsp3) is 0.350. The van der Waals surface area contributed by atoms with Gasteiger partial charge in [-0.25, -0.2) is 8.42 Å². The number of hydrogen-bond donors (Lipinski definition) is 1. The summed E-state index contributed by atoms with van der Waals surface area (Å²) in [4.78, 5) is 13.9. The van der Waals surface area contributed by atoms with Gasteiger partial charge in [-0.2, -0.15) is 0 Å². The van der Waals surface area contributed by atoms with Gasteiger partial charge in [0.25, 0.3) is 10.0 Å². The first-order valence-corrected chi connectivity index (χ1v) is 10.8. The molecule has 7 nitrogen and oxygen atoms in total. The molecular weight excluding hydrogens is 380 g/mol. The smallest absolute Gasteiger partial charge is 0.262 e. The molecule has 0 radical (unpaired) electrons. The summed E-state index contributed by atoms with van der Waals surface area (Å²) in [5.74, 6) is 1.07. The Kier molecular flexibility index (Phi) is 4.89. The second-order valence-corrected chi connectivity index (χ2v) is 8.50. The summed E-state index contributed by atoms with van der Waals surface area (Å²) in [6.07, 6.45) is 1.24. The van der Waals surface area contributed by atoms with Crippen LogP contribution in [0.1, 0.15) is 24.5 Å². The number of fused-ring (bicyclic) bond motifs is 2. The van der Waals surface area contributed by atoms with E-state index >= 15 is 0 Å². The maximum Gasteiger partial charge on any atom is 0.262 e. The van der Waals surface area contributed by atoms with Crippen molar-refractivity contribution in [3.05, 3.63) is 47.5 Å². The van der Waals surface area contributed by atoms with E-state index in [4.69, 9.17) is 9.47 Å². The van der Waals surface area contributed by atoms with Gasteiger partial charge in [0.05, 0.1) is 4.90 Å². The van der Waals surface area contributed by atoms with E-state index in [0.29, 0.717) is 49.9 Å². The minimum atomic E-state index is -3.77. The molecule has 2 aliphatic rings. The number of nitrogens with zero attached hydrogens (tertiary/aromatic N) is 1. The second kappa shape index (κ2) is 7.35. The van der Waals surface area contributed by atoms with Crippen molar-refractivity contribution in [2.24, 2.45) is 0 Å². The standard InChI is InChI=1S/C20H22N2O5S/c1-2-20(23)22-8-7-14-3-4-16(11-15(14)13-22)21-28(24,25)17-5-6-18-19(12-17)27-10-9-26-18/h3-6,11-12,21H,2,7-10,13H2,1H3. The summed E-state index contributed by atoms with van der Waals surface area (Å²) >= 11 is 0. The molecule has 148 valence electrons. The molecule has 0 spiro atoms. The van der Waals surface area contributed by atoms with Crippen LogP contribution in [0.15, 0.2) is 41.3 Å². The van der Waals surface area contributed by atoms with Gasteiger partial charge in [-0.3, -0.25) is 9.52 Å². The van der Waals surface area contributed by atoms with Crippen LogP contribution in [0.5, 0.6) is 11.5 Å². The van der Waals surface area contributed by atoms with Crippen LogP contribution in [0.3, 0.4) is 0 Å². The minimum Gasteiger partial charge on any atom is -0.486 e. The predicted molar refractivity (Wildman–Crippen MR) is 104 cm³/mol. The number of anilines is 1. The number of rotatable bonds is 4.